The quantitative estimate of drug-likeness (QED) is 0.627. The SMILES string of the molecule is O=C(CSc1nc2ccccc2s1)NCCCO. The molecule has 2 rings (SSSR count). The monoisotopic (exact) mass is 282 g/mol. The predicted molar refractivity (Wildman–Crippen MR) is 75.1 cm³/mol. The molecule has 0 aliphatic rings. The minimum Gasteiger partial charge on any atom is -0.396 e. The maximum absolute atomic E-state index is 11.5. The molecule has 4 nitrogen and oxygen atoms in total. The summed E-state index contributed by atoms with van der Waals surface area (Å²) in [4.78, 5) is 15.9. The van der Waals surface area contributed by atoms with Crippen LogP contribution < -0.4 is 5.32 Å². The Bertz CT molecular complexity index is 495. The Kier molecular flexibility index (Phi) is 4.98. The van der Waals surface area contributed by atoms with E-state index in [1.807, 2.05) is 24.3 Å². The highest BCUT2D eigenvalue weighted by molar-refractivity contribution is 8.01. The Morgan fingerprint density at radius 1 is 1.44 bits per heavy atom. The summed E-state index contributed by atoms with van der Waals surface area (Å²) in [7, 11) is 0. The molecule has 0 fully saturated rings. The van der Waals surface area contributed by atoms with Crippen LogP contribution in [0.2, 0.25) is 0 Å². The molecule has 0 unspecified atom stereocenters. The van der Waals surface area contributed by atoms with Gasteiger partial charge in [0.2, 0.25) is 5.91 Å². The van der Waals surface area contributed by atoms with Crippen LogP contribution in [0.4, 0.5) is 0 Å². The van der Waals surface area contributed by atoms with Crippen LogP contribution in [0.15, 0.2) is 28.6 Å². The number of hydrogen-bond acceptors (Lipinski definition) is 5. The van der Waals surface area contributed by atoms with Crippen molar-refractivity contribution in [2.75, 3.05) is 18.9 Å². The Labute approximate surface area is 113 Å². The minimum absolute atomic E-state index is 0.0206. The van der Waals surface area contributed by atoms with Crippen LogP contribution >= 0.6 is 23.1 Å². The third-order valence-electron chi connectivity index (χ3n) is 2.26. The zero-order valence-electron chi connectivity index (χ0n) is 9.76. The Balaban J connectivity index is 1.84. The Hall–Kier alpha value is -1.11. The van der Waals surface area contributed by atoms with E-state index in [4.69, 9.17) is 5.11 Å². The standard InChI is InChI=1S/C12H14N2O2S2/c15-7-3-6-13-11(16)8-17-12-14-9-4-1-2-5-10(9)18-12/h1-2,4-5,15H,3,6-8H2,(H,13,16). The van der Waals surface area contributed by atoms with E-state index < -0.39 is 0 Å². The van der Waals surface area contributed by atoms with Crippen molar-refractivity contribution in [2.24, 2.45) is 0 Å². The van der Waals surface area contributed by atoms with Crippen LogP contribution in [0.25, 0.3) is 10.2 Å². The average molecular weight is 282 g/mol. The van der Waals surface area contributed by atoms with Crippen molar-refractivity contribution in [2.45, 2.75) is 10.8 Å². The second-order valence-corrected chi connectivity index (χ2v) is 5.92. The third kappa shape index (κ3) is 3.69. The van der Waals surface area contributed by atoms with Crippen LogP contribution in [0, 0.1) is 0 Å². The zero-order valence-corrected chi connectivity index (χ0v) is 11.4. The van der Waals surface area contributed by atoms with Crippen molar-refractivity contribution < 1.29 is 9.90 Å². The molecule has 1 amide bonds. The van der Waals surface area contributed by atoms with Gasteiger partial charge >= 0.3 is 0 Å². The summed E-state index contributed by atoms with van der Waals surface area (Å²) in [5.41, 5.74) is 0.977. The molecular weight excluding hydrogens is 268 g/mol. The van der Waals surface area contributed by atoms with E-state index in [0.717, 1.165) is 14.6 Å². The number of nitrogens with zero attached hydrogens (tertiary/aromatic N) is 1. The van der Waals surface area contributed by atoms with Crippen molar-refractivity contribution in [1.82, 2.24) is 10.3 Å². The van der Waals surface area contributed by atoms with Crippen molar-refractivity contribution >= 4 is 39.2 Å². The summed E-state index contributed by atoms with van der Waals surface area (Å²) in [5, 5.41) is 11.3. The van der Waals surface area contributed by atoms with Crippen molar-refractivity contribution in [3.8, 4) is 0 Å². The normalized spacial score (nSPS) is 10.7. The third-order valence-corrected chi connectivity index (χ3v) is 4.44. The first-order chi connectivity index (χ1) is 8.79. The lowest BCUT2D eigenvalue weighted by Crippen LogP contribution is -2.26. The van der Waals surface area contributed by atoms with Crippen LogP contribution in [0.1, 0.15) is 6.42 Å². The van der Waals surface area contributed by atoms with Gasteiger partial charge in [0.25, 0.3) is 0 Å². The smallest absolute Gasteiger partial charge is 0.230 e. The molecule has 0 spiro atoms. The zero-order chi connectivity index (χ0) is 12.8. The molecule has 0 saturated heterocycles. The summed E-state index contributed by atoms with van der Waals surface area (Å²) in [6.07, 6.45) is 0.595. The summed E-state index contributed by atoms with van der Waals surface area (Å²) < 4.78 is 2.05. The number of benzene rings is 1. The number of para-hydroxylation sites is 1. The number of aliphatic hydroxyl groups is 1. The molecular formula is C12H14N2O2S2. The summed E-state index contributed by atoms with van der Waals surface area (Å²) in [6.45, 7) is 0.626. The molecule has 18 heavy (non-hydrogen) atoms. The molecule has 96 valence electrons. The van der Waals surface area contributed by atoms with Gasteiger partial charge in [0, 0.05) is 13.2 Å². The van der Waals surface area contributed by atoms with Gasteiger partial charge in [0.05, 0.1) is 16.0 Å². The summed E-state index contributed by atoms with van der Waals surface area (Å²) in [5.74, 6) is 0.346. The molecule has 0 aliphatic heterocycles. The van der Waals surface area contributed by atoms with E-state index in [1.54, 1.807) is 11.3 Å². The second-order valence-electron chi connectivity index (χ2n) is 3.66. The molecule has 1 heterocycles. The minimum atomic E-state index is -0.0206. The average Bonchev–Trinajstić information content (AvgIpc) is 2.79. The first kappa shape index (κ1) is 13.3. The summed E-state index contributed by atoms with van der Waals surface area (Å²) in [6, 6.07) is 7.93. The fourth-order valence-electron chi connectivity index (χ4n) is 1.40. The highest BCUT2D eigenvalue weighted by Crippen LogP contribution is 2.28. The van der Waals surface area contributed by atoms with Gasteiger partial charge in [-0.05, 0) is 18.6 Å². The van der Waals surface area contributed by atoms with Crippen molar-refractivity contribution in [1.29, 1.82) is 0 Å². The molecule has 6 heteroatoms. The van der Waals surface area contributed by atoms with Gasteiger partial charge in [0.15, 0.2) is 4.34 Å². The van der Waals surface area contributed by atoms with Gasteiger partial charge in [-0.15, -0.1) is 11.3 Å². The van der Waals surface area contributed by atoms with E-state index in [0.29, 0.717) is 18.7 Å². The first-order valence-electron chi connectivity index (χ1n) is 5.65. The number of carbonyl (C=O) groups excluding carboxylic acids is 1. The number of aliphatic hydroxyl groups excluding tert-OH is 1. The molecule has 1 aromatic carbocycles. The number of hydrogen-bond donors (Lipinski definition) is 2. The highest BCUT2D eigenvalue weighted by atomic mass is 32.2. The number of amides is 1. The lowest BCUT2D eigenvalue weighted by Gasteiger charge is -2.01. The van der Waals surface area contributed by atoms with Gasteiger partial charge in [-0.25, -0.2) is 4.98 Å². The van der Waals surface area contributed by atoms with Gasteiger partial charge < -0.3 is 10.4 Å². The number of thiazole rings is 1. The first-order valence-corrected chi connectivity index (χ1v) is 7.46. The van der Waals surface area contributed by atoms with E-state index >= 15 is 0 Å². The summed E-state index contributed by atoms with van der Waals surface area (Å²) >= 11 is 3.04. The Morgan fingerprint density at radius 3 is 3.06 bits per heavy atom. The fourth-order valence-corrected chi connectivity index (χ4v) is 3.30. The molecule has 0 radical (unpaired) electrons. The molecule has 0 bridgehead atoms. The molecule has 2 N–H and O–H groups in total. The van der Waals surface area contributed by atoms with Crippen molar-refractivity contribution in [3.63, 3.8) is 0 Å². The van der Waals surface area contributed by atoms with Crippen LogP contribution in [-0.4, -0.2) is 34.9 Å². The fraction of sp³-hybridized carbons (Fsp3) is 0.333. The van der Waals surface area contributed by atoms with Crippen LogP contribution in [-0.2, 0) is 4.79 Å². The van der Waals surface area contributed by atoms with Crippen molar-refractivity contribution in [3.05, 3.63) is 24.3 Å². The number of aromatic nitrogens is 1. The largest absolute Gasteiger partial charge is 0.396 e. The number of thioether (sulfide) groups is 1. The lowest BCUT2D eigenvalue weighted by molar-refractivity contribution is -0.118. The van der Waals surface area contributed by atoms with Gasteiger partial charge in [-0.1, -0.05) is 23.9 Å². The van der Waals surface area contributed by atoms with E-state index in [1.165, 1.54) is 11.8 Å². The maximum atomic E-state index is 11.5. The topological polar surface area (TPSA) is 62.2 Å². The van der Waals surface area contributed by atoms with Gasteiger partial charge in [-0.3, -0.25) is 4.79 Å². The number of rotatable bonds is 6. The Morgan fingerprint density at radius 2 is 2.28 bits per heavy atom. The second kappa shape index (κ2) is 6.72. The van der Waals surface area contributed by atoms with Gasteiger partial charge in [-0.2, -0.15) is 0 Å². The molecule has 0 saturated carbocycles. The molecule has 0 atom stereocenters. The molecule has 2 aromatic rings. The molecule has 1 aromatic heterocycles. The van der Waals surface area contributed by atoms with E-state index in [9.17, 15) is 4.79 Å². The predicted octanol–water partition coefficient (Wildman–Crippen LogP) is 1.89. The number of fused-ring (bicyclic) bond motifs is 1. The molecule has 0 aliphatic carbocycles. The van der Waals surface area contributed by atoms with Gasteiger partial charge in [0.1, 0.15) is 0 Å². The van der Waals surface area contributed by atoms with E-state index in [-0.39, 0.29) is 12.5 Å². The number of nitrogens with one attached hydrogen (secondary N) is 1. The van der Waals surface area contributed by atoms with Crippen LogP contribution in [0.3, 0.4) is 0 Å². The van der Waals surface area contributed by atoms with Crippen LogP contribution in [0.5, 0.6) is 0 Å². The maximum Gasteiger partial charge on any atom is 0.230 e. The number of carbonyl (C=O) groups is 1. The van der Waals surface area contributed by atoms with E-state index in [2.05, 4.69) is 10.3 Å². The lowest BCUT2D eigenvalue weighted by atomic mass is 10.3. The highest BCUT2D eigenvalue weighted by Gasteiger charge is 2.06.